The van der Waals surface area contributed by atoms with Crippen molar-refractivity contribution in [3.63, 3.8) is 0 Å². The number of hydrogen-bond donors (Lipinski definition) is 3. The van der Waals surface area contributed by atoms with Crippen LogP contribution in [0.2, 0.25) is 0 Å². The van der Waals surface area contributed by atoms with E-state index in [0.29, 0.717) is 24.2 Å². The normalized spacial score (nSPS) is 27.7. The smallest absolute Gasteiger partial charge is 0.387 e. The van der Waals surface area contributed by atoms with Gasteiger partial charge in [-0.25, -0.2) is 0 Å². The van der Waals surface area contributed by atoms with Crippen molar-refractivity contribution >= 4 is 23.2 Å². The van der Waals surface area contributed by atoms with Crippen LogP contribution in [0.15, 0.2) is 29.4 Å². The van der Waals surface area contributed by atoms with Gasteiger partial charge >= 0.3 is 6.61 Å². The van der Waals surface area contributed by atoms with Crippen molar-refractivity contribution in [3.05, 3.63) is 24.3 Å². The van der Waals surface area contributed by atoms with Gasteiger partial charge in [0.1, 0.15) is 5.75 Å². The zero-order valence-electron chi connectivity index (χ0n) is 15.1. The molecule has 0 bridgehead atoms. The van der Waals surface area contributed by atoms with E-state index in [0.717, 1.165) is 5.01 Å². The van der Waals surface area contributed by atoms with Crippen molar-refractivity contribution < 1.29 is 33.3 Å². The molecule has 8 nitrogen and oxygen atoms in total. The molecule has 0 saturated heterocycles. The van der Waals surface area contributed by atoms with E-state index in [2.05, 4.69) is 15.2 Å². The minimum atomic E-state index is -2.95. The van der Waals surface area contributed by atoms with Crippen LogP contribution in [0.3, 0.4) is 0 Å². The molecule has 0 spiro atoms. The fourth-order valence-electron chi connectivity index (χ4n) is 3.37. The highest BCUT2D eigenvalue weighted by Gasteiger charge is 2.41. The quantitative estimate of drug-likeness (QED) is 0.643. The molecule has 1 aromatic rings. The molecule has 2 amide bonds. The summed E-state index contributed by atoms with van der Waals surface area (Å²) in [7, 11) is 0. The van der Waals surface area contributed by atoms with E-state index in [1.54, 1.807) is 6.92 Å². The fourth-order valence-corrected chi connectivity index (χ4v) is 3.37. The number of aliphatic hydroxyl groups is 2. The summed E-state index contributed by atoms with van der Waals surface area (Å²) in [5, 5.41) is 27.2. The van der Waals surface area contributed by atoms with E-state index >= 15 is 0 Å². The van der Waals surface area contributed by atoms with Gasteiger partial charge in [0, 0.05) is 6.04 Å². The Hall–Kier alpha value is -2.59. The number of hydrazone groups is 1. The second-order valence-electron chi connectivity index (χ2n) is 6.85. The van der Waals surface area contributed by atoms with Gasteiger partial charge in [0.2, 0.25) is 5.91 Å². The first-order chi connectivity index (χ1) is 13.3. The monoisotopic (exact) mass is 397 g/mol. The van der Waals surface area contributed by atoms with Gasteiger partial charge in [-0.15, -0.1) is 0 Å². The van der Waals surface area contributed by atoms with Crippen LogP contribution in [0.4, 0.5) is 14.5 Å². The predicted molar refractivity (Wildman–Crippen MR) is 95.0 cm³/mol. The predicted octanol–water partition coefficient (Wildman–Crippen LogP) is 1.02. The van der Waals surface area contributed by atoms with E-state index in [9.17, 15) is 28.6 Å². The number of amides is 2. The number of carbonyl (C=O) groups excluding carboxylic acids is 2. The van der Waals surface area contributed by atoms with Crippen molar-refractivity contribution in [2.45, 2.75) is 51.0 Å². The van der Waals surface area contributed by atoms with Crippen LogP contribution in [0.5, 0.6) is 5.75 Å². The largest absolute Gasteiger partial charge is 0.435 e. The first-order valence-corrected chi connectivity index (χ1v) is 8.86. The molecule has 3 rings (SSSR count). The van der Waals surface area contributed by atoms with Crippen molar-refractivity contribution in [2.75, 3.05) is 5.01 Å². The Balaban J connectivity index is 1.66. The van der Waals surface area contributed by atoms with Crippen LogP contribution in [-0.4, -0.2) is 52.6 Å². The van der Waals surface area contributed by atoms with Crippen LogP contribution in [0.1, 0.15) is 26.2 Å². The molecule has 0 radical (unpaired) electrons. The molecule has 28 heavy (non-hydrogen) atoms. The molecule has 0 aromatic heterocycles. The van der Waals surface area contributed by atoms with Crippen LogP contribution >= 0.6 is 0 Å². The number of nitrogens with one attached hydrogen (secondary N) is 1. The molecule has 1 aliphatic carbocycles. The summed E-state index contributed by atoms with van der Waals surface area (Å²) in [4.78, 5) is 25.3. The maximum absolute atomic E-state index is 12.7. The molecule has 2 aliphatic rings. The Morgan fingerprint density at radius 3 is 2.54 bits per heavy atom. The Kier molecular flexibility index (Phi) is 5.90. The molecule has 152 valence electrons. The topological polar surface area (TPSA) is 111 Å². The minimum absolute atomic E-state index is 0.0570. The Morgan fingerprint density at radius 1 is 1.25 bits per heavy atom. The molecular formula is C18H21F2N3O5. The number of aliphatic hydroxyl groups excluding tert-OH is 2. The molecule has 3 N–H and O–H groups in total. The maximum Gasteiger partial charge on any atom is 0.387 e. The van der Waals surface area contributed by atoms with E-state index in [4.69, 9.17) is 0 Å². The molecule has 10 heteroatoms. The second-order valence-corrected chi connectivity index (χ2v) is 6.85. The number of hydrogen-bond acceptors (Lipinski definition) is 6. The highest BCUT2D eigenvalue weighted by atomic mass is 19.3. The number of benzene rings is 1. The van der Waals surface area contributed by atoms with Gasteiger partial charge in [-0.3, -0.25) is 9.59 Å². The number of carbonyl (C=O) groups is 2. The fraction of sp³-hybridized carbons (Fsp3) is 0.500. The number of anilines is 1. The summed E-state index contributed by atoms with van der Waals surface area (Å²) in [5.41, 5.74) is 0.615. The molecule has 1 fully saturated rings. The van der Waals surface area contributed by atoms with Gasteiger partial charge in [-0.2, -0.15) is 18.9 Å². The molecular weight excluding hydrogens is 376 g/mol. The number of ether oxygens (including phenoxy) is 1. The van der Waals surface area contributed by atoms with E-state index < -0.39 is 36.6 Å². The van der Waals surface area contributed by atoms with Gasteiger partial charge < -0.3 is 20.3 Å². The molecule has 1 heterocycles. The van der Waals surface area contributed by atoms with Crippen molar-refractivity contribution in [1.82, 2.24) is 5.32 Å². The summed E-state index contributed by atoms with van der Waals surface area (Å²) in [6.07, 6.45) is -0.664. The lowest BCUT2D eigenvalue weighted by molar-refractivity contribution is -0.131. The first kappa shape index (κ1) is 20.2. The average molecular weight is 397 g/mol. The third-order valence-corrected chi connectivity index (χ3v) is 4.83. The second kappa shape index (κ2) is 8.19. The zero-order valence-corrected chi connectivity index (χ0v) is 15.1. The Bertz CT molecular complexity index is 771. The summed E-state index contributed by atoms with van der Waals surface area (Å²) >= 11 is 0. The molecule has 4 atom stereocenters. The number of rotatable bonds is 5. The van der Waals surface area contributed by atoms with Gasteiger partial charge in [-0.05, 0) is 50.5 Å². The summed E-state index contributed by atoms with van der Waals surface area (Å²) in [6, 6.07) is 5.01. The summed E-state index contributed by atoms with van der Waals surface area (Å²) in [6.45, 7) is -1.40. The standard InChI is InChI=1S/C18H21F2N3O5/c1-9-15(16(26)21-10-2-7-13(24)14(25)8-10)17(27)23(22-9)11-3-5-12(6-4-11)28-18(19)20/h3-6,10,13-15,18,24-25H,2,7-8H2,1H3,(H,21,26)/t10-,13+,14-,15?/m0/s1. The van der Waals surface area contributed by atoms with Gasteiger partial charge in [0.25, 0.3) is 5.91 Å². The maximum atomic E-state index is 12.7. The average Bonchev–Trinajstić information content (AvgIpc) is 2.93. The first-order valence-electron chi connectivity index (χ1n) is 8.86. The summed E-state index contributed by atoms with van der Waals surface area (Å²) < 4.78 is 28.7. The van der Waals surface area contributed by atoms with Crippen LogP contribution in [0, 0.1) is 5.92 Å². The lowest BCUT2D eigenvalue weighted by Crippen LogP contribution is -2.49. The highest BCUT2D eigenvalue weighted by molar-refractivity contribution is 6.26. The molecule has 1 unspecified atom stereocenters. The van der Waals surface area contributed by atoms with Crippen LogP contribution in [0.25, 0.3) is 0 Å². The minimum Gasteiger partial charge on any atom is -0.435 e. The van der Waals surface area contributed by atoms with Gasteiger partial charge in [-0.1, -0.05) is 0 Å². The van der Waals surface area contributed by atoms with E-state index in [1.165, 1.54) is 24.3 Å². The Labute approximate surface area is 159 Å². The third kappa shape index (κ3) is 4.28. The Morgan fingerprint density at radius 2 is 1.93 bits per heavy atom. The highest BCUT2D eigenvalue weighted by Crippen LogP contribution is 2.27. The molecule has 1 aliphatic heterocycles. The summed E-state index contributed by atoms with van der Waals surface area (Å²) in [5.74, 6) is -2.26. The van der Waals surface area contributed by atoms with Crippen LogP contribution < -0.4 is 15.1 Å². The van der Waals surface area contributed by atoms with Crippen molar-refractivity contribution in [2.24, 2.45) is 11.0 Å². The van der Waals surface area contributed by atoms with E-state index in [-0.39, 0.29) is 18.2 Å². The number of nitrogens with zero attached hydrogens (tertiary/aromatic N) is 2. The number of halogens is 2. The van der Waals surface area contributed by atoms with Crippen LogP contribution in [-0.2, 0) is 9.59 Å². The lowest BCUT2D eigenvalue weighted by Gasteiger charge is -2.31. The van der Waals surface area contributed by atoms with Gasteiger partial charge in [0.05, 0.1) is 23.6 Å². The lowest BCUT2D eigenvalue weighted by atomic mass is 9.90. The van der Waals surface area contributed by atoms with E-state index in [1.807, 2.05) is 0 Å². The number of alkyl halides is 2. The molecule has 1 saturated carbocycles. The third-order valence-electron chi connectivity index (χ3n) is 4.83. The van der Waals surface area contributed by atoms with Gasteiger partial charge in [0.15, 0.2) is 5.92 Å². The van der Waals surface area contributed by atoms with Crippen molar-refractivity contribution in [3.8, 4) is 5.75 Å². The van der Waals surface area contributed by atoms with Crippen molar-refractivity contribution in [1.29, 1.82) is 0 Å². The molecule has 1 aromatic carbocycles. The SMILES string of the molecule is CC1=NN(c2ccc(OC(F)F)cc2)C(=O)C1C(=O)N[C@H]1CC[C@@H](O)[C@@H](O)C1. The zero-order chi connectivity index (χ0) is 20.4.